The van der Waals surface area contributed by atoms with Crippen LogP contribution >= 0.6 is 15.9 Å². The van der Waals surface area contributed by atoms with Gasteiger partial charge in [-0.2, -0.15) is 10.5 Å². The number of anilines is 1. The van der Waals surface area contributed by atoms with Crippen molar-refractivity contribution in [1.29, 1.82) is 10.5 Å². The first-order valence-electron chi connectivity index (χ1n) is 8.07. The van der Waals surface area contributed by atoms with E-state index in [1.54, 1.807) is 18.2 Å². The average molecular weight is 431 g/mol. The summed E-state index contributed by atoms with van der Waals surface area (Å²) in [4.78, 5) is 14.5. The first-order chi connectivity index (χ1) is 13.0. The highest BCUT2D eigenvalue weighted by Gasteiger charge is 2.22. The van der Waals surface area contributed by atoms with Crippen LogP contribution in [0.15, 0.2) is 27.5 Å². The molecule has 3 rings (SSSR count). The second-order valence-corrected chi connectivity index (χ2v) is 6.58. The van der Waals surface area contributed by atoms with Gasteiger partial charge in [-0.05, 0) is 18.2 Å². The van der Waals surface area contributed by atoms with Gasteiger partial charge in [-0.3, -0.25) is 4.79 Å². The molecule has 3 N–H and O–H groups in total. The molecule has 1 fully saturated rings. The lowest BCUT2D eigenvalue weighted by molar-refractivity contribution is -0.0531. The Morgan fingerprint density at radius 2 is 1.96 bits per heavy atom. The predicted octanol–water partition coefficient (Wildman–Crippen LogP) is 2.27. The second kappa shape index (κ2) is 8.23. The first-order valence-corrected chi connectivity index (χ1v) is 8.86. The molecule has 9 heteroatoms. The molecule has 0 aliphatic carbocycles. The van der Waals surface area contributed by atoms with Crippen LogP contribution in [-0.4, -0.2) is 31.1 Å². The number of nitriles is 2. The quantitative estimate of drug-likeness (QED) is 0.742. The summed E-state index contributed by atoms with van der Waals surface area (Å²) in [5, 5.41) is 18.9. The molecule has 0 amide bonds. The van der Waals surface area contributed by atoms with E-state index in [1.165, 1.54) is 0 Å². The molecule has 0 spiro atoms. The van der Waals surface area contributed by atoms with Gasteiger partial charge in [0.25, 0.3) is 5.56 Å². The van der Waals surface area contributed by atoms with E-state index in [1.807, 2.05) is 12.1 Å². The molecule has 1 saturated heterocycles. The number of hydrogen-bond acceptors (Lipinski definition) is 7. The molecule has 2 heterocycles. The van der Waals surface area contributed by atoms with Crippen molar-refractivity contribution >= 4 is 21.7 Å². The van der Waals surface area contributed by atoms with E-state index in [2.05, 4.69) is 20.9 Å². The van der Waals surface area contributed by atoms with Gasteiger partial charge in [0, 0.05) is 22.0 Å². The largest absolute Gasteiger partial charge is 0.493 e. The van der Waals surface area contributed by atoms with Crippen molar-refractivity contribution in [1.82, 2.24) is 4.98 Å². The van der Waals surface area contributed by atoms with Gasteiger partial charge in [0.1, 0.15) is 34.8 Å². The maximum Gasteiger partial charge on any atom is 0.268 e. The minimum atomic E-state index is -0.664. The molecule has 1 aromatic carbocycles. The number of halogens is 1. The number of nitrogens with zero attached hydrogens (tertiary/aromatic N) is 2. The van der Waals surface area contributed by atoms with Gasteiger partial charge in [0.15, 0.2) is 6.29 Å². The lowest BCUT2D eigenvalue weighted by atomic mass is 9.96. The van der Waals surface area contributed by atoms with Crippen LogP contribution in [0.3, 0.4) is 0 Å². The molecule has 0 unspecified atom stereocenters. The highest BCUT2D eigenvalue weighted by Crippen LogP contribution is 2.37. The van der Waals surface area contributed by atoms with E-state index in [-0.39, 0.29) is 28.8 Å². The number of nitrogens with two attached hydrogens (primary N) is 1. The lowest BCUT2D eigenvalue weighted by Crippen LogP contribution is -2.17. The van der Waals surface area contributed by atoms with Crippen LogP contribution in [0, 0.1) is 22.7 Å². The van der Waals surface area contributed by atoms with E-state index >= 15 is 0 Å². The molecule has 1 aromatic heterocycles. The van der Waals surface area contributed by atoms with Gasteiger partial charge in [0.05, 0.1) is 19.8 Å². The van der Waals surface area contributed by atoms with Crippen LogP contribution in [-0.2, 0) is 9.47 Å². The SMILES string of the molecule is N#Cc1c(N)[nH]c(=O)c(C#N)c1-c1cc(Br)ccc1OCCC1OCCO1. The Hall–Kier alpha value is -2.85. The Morgan fingerprint density at radius 1 is 1.26 bits per heavy atom. The molecular weight excluding hydrogens is 416 g/mol. The highest BCUT2D eigenvalue weighted by atomic mass is 79.9. The number of nitrogen functional groups attached to an aromatic ring is 1. The second-order valence-electron chi connectivity index (χ2n) is 5.67. The summed E-state index contributed by atoms with van der Waals surface area (Å²) in [5.41, 5.74) is 5.50. The molecule has 0 bridgehead atoms. The van der Waals surface area contributed by atoms with E-state index in [4.69, 9.17) is 19.9 Å². The highest BCUT2D eigenvalue weighted by molar-refractivity contribution is 9.10. The predicted molar refractivity (Wildman–Crippen MR) is 99.8 cm³/mol. The zero-order chi connectivity index (χ0) is 19.4. The van der Waals surface area contributed by atoms with E-state index in [0.717, 1.165) is 0 Å². The molecule has 8 nitrogen and oxygen atoms in total. The maximum absolute atomic E-state index is 12.2. The summed E-state index contributed by atoms with van der Waals surface area (Å²) in [7, 11) is 0. The number of benzene rings is 1. The van der Waals surface area contributed by atoms with Crippen molar-refractivity contribution in [3.63, 3.8) is 0 Å². The fraction of sp³-hybridized carbons (Fsp3) is 0.278. The Bertz CT molecular complexity index is 1000. The number of aromatic amines is 1. The molecule has 1 aliphatic heterocycles. The average Bonchev–Trinajstić information content (AvgIpc) is 3.16. The third-order valence-electron chi connectivity index (χ3n) is 3.98. The van der Waals surface area contributed by atoms with Crippen molar-refractivity contribution < 1.29 is 14.2 Å². The van der Waals surface area contributed by atoms with Crippen LogP contribution in [0.4, 0.5) is 5.82 Å². The van der Waals surface area contributed by atoms with Crippen LogP contribution in [0.1, 0.15) is 17.5 Å². The number of ether oxygens (including phenoxy) is 3. The summed E-state index contributed by atoms with van der Waals surface area (Å²) in [6.45, 7) is 1.40. The molecule has 0 atom stereocenters. The van der Waals surface area contributed by atoms with Crippen molar-refractivity contribution in [2.24, 2.45) is 0 Å². The number of hydrogen-bond donors (Lipinski definition) is 2. The Labute approximate surface area is 163 Å². The number of rotatable bonds is 5. The monoisotopic (exact) mass is 430 g/mol. The molecule has 0 saturated carbocycles. The molecule has 2 aromatic rings. The summed E-state index contributed by atoms with van der Waals surface area (Å²) < 4.78 is 17.3. The summed E-state index contributed by atoms with van der Waals surface area (Å²) >= 11 is 3.37. The molecule has 138 valence electrons. The molecular formula is C18H15BrN4O4. The summed E-state index contributed by atoms with van der Waals surface area (Å²) in [5.74, 6) is 0.310. The van der Waals surface area contributed by atoms with E-state index in [0.29, 0.717) is 42.0 Å². The topological polar surface area (TPSA) is 134 Å². The normalized spacial score (nSPS) is 13.9. The minimum Gasteiger partial charge on any atom is -0.493 e. The number of aromatic nitrogens is 1. The van der Waals surface area contributed by atoms with Crippen molar-refractivity contribution in [3.05, 3.63) is 44.2 Å². The minimum absolute atomic E-state index is 0.0107. The third-order valence-corrected chi connectivity index (χ3v) is 4.47. The smallest absolute Gasteiger partial charge is 0.268 e. The number of H-pyrrole nitrogens is 1. The van der Waals surface area contributed by atoms with Crippen LogP contribution in [0.2, 0.25) is 0 Å². The van der Waals surface area contributed by atoms with Crippen LogP contribution in [0.25, 0.3) is 11.1 Å². The summed E-state index contributed by atoms with van der Waals surface area (Å²) in [6.07, 6.45) is 0.201. The van der Waals surface area contributed by atoms with Crippen molar-refractivity contribution in [3.8, 4) is 29.0 Å². The molecule has 0 radical (unpaired) electrons. The van der Waals surface area contributed by atoms with Crippen molar-refractivity contribution in [2.75, 3.05) is 25.6 Å². The first kappa shape index (κ1) is 18.9. The Morgan fingerprint density at radius 3 is 2.63 bits per heavy atom. The fourth-order valence-corrected chi connectivity index (χ4v) is 3.14. The van der Waals surface area contributed by atoms with Gasteiger partial charge in [-0.1, -0.05) is 15.9 Å². The zero-order valence-corrected chi connectivity index (χ0v) is 15.7. The standard InChI is InChI=1S/C18H15BrN4O4/c19-10-1-2-14(25-4-3-15-26-5-6-27-15)11(7-10)16-12(8-20)17(22)23-18(24)13(16)9-21/h1-2,7,15H,3-6H2,(H3,22,23,24). The van der Waals surface area contributed by atoms with Gasteiger partial charge in [0.2, 0.25) is 0 Å². The van der Waals surface area contributed by atoms with Gasteiger partial charge in [-0.15, -0.1) is 0 Å². The Balaban J connectivity index is 2.04. The van der Waals surface area contributed by atoms with Crippen molar-refractivity contribution in [2.45, 2.75) is 12.7 Å². The summed E-state index contributed by atoms with van der Waals surface area (Å²) in [6, 6.07) is 8.93. The molecule has 1 aliphatic rings. The van der Waals surface area contributed by atoms with E-state index < -0.39 is 5.56 Å². The lowest BCUT2D eigenvalue weighted by Gasteiger charge is -2.16. The fourth-order valence-electron chi connectivity index (χ4n) is 2.78. The molecule has 27 heavy (non-hydrogen) atoms. The third kappa shape index (κ3) is 3.96. The number of nitrogens with one attached hydrogen (secondary N) is 1. The Kier molecular flexibility index (Phi) is 5.77. The van der Waals surface area contributed by atoms with Crippen LogP contribution < -0.4 is 16.0 Å². The van der Waals surface area contributed by atoms with Gasteiger partial charge < -0.3 is 24.9 Å². The van der Waals surface area contributed by atoms with Crippen LogP contribution in [0.5, 0.6) is 5.75 Å². The van der Waals surface area contributed by atoms with Gasteiger partial charge >= 0.3 is 0 Å². The maximum atomic E-state index is 12.2. The van der Waals surface area contributed by atoms with Gasteiger partial charge in [-0.25, -0.2) is 0 Å². The zero-order valence-electron chi connectivity index (χ0n) is 14.1. The number of pyridine rings is 1. The van der Waals surface area contributed by atoms with E-state index in [9.17, 15) is 15.3 Å².